The van der Waals surface area contributed by atoms with Crippen molar-refractivity contribution in [2.45, 2.75) is 6.92 Å². The summed E-state index contributed by atoms with van der Waals surface area (Å²) in [5.74, 6) is 1.14. The molecule has 0 radical (unpaired) electrons. The molecule has 0 aliphatic carbocycles. The largest absolute Gasteiger partial charge is 0.438 e. The number of hydrogen-bond donors (Lipinski definition) is 1. The average molecular weight is 338 g/mol. The van der Waals surface area contributed by atoms with Crippen LogP contribution in [0.3, 0.4) is 0 Å². The highest BCUT2D eigenvalue weighted by molar-refractivity contribution is 9.10. The lowest BCUT2D eigenvalue weighted by Crippen LogP contribution is -1.98. The van der Waals surface area contributed by atoms with Crippen LogP contribution >= 0.6 is 15.9 Å². The van der Waals surface area contributed by atoms with E-state index < -0.39 is 4.92 Å². The van der Waals surface area contributed by atoms with Crippen LogP contribution < -0.4 is 10.1 Å². The van der Waals surface area contributed by atoms with Gasteiger partial charge in [0.2, 0.25) is 5.88 Å². The molecule has 0 saturated heterocycles. The quantitative estimate of drug-likeness (QED) is 0.676. The topological polar surface area (TPSA) is 77.3 Å². The van der Waals surface area contributed by atoms with E-state index in [2.05, 4.69) is 26.2 Å². The van der Waals surface area contributed by atoms with Crippen LogP contribution in [-0.4, -0.2) is 17.0 Å². The molecule has 0 aliphatic rings. The SMILES string of the molecule is CNc1cc([N+](=O)[O-])cc(Oc2cc(Br)ccc2C)n1. The maximum atomic E-state index is 10.9. The van der Waals surface area contributed by atoms with Crippen molar-refractivity contribution in [3.05, 3.63) is 50.5 Å². The third-order valence-corrected chi connectivity index (χ3v) is 3.11. The second-order valence-corrected chi connectivity index (χ2v) is 4.98. The molecule has 0 aliphatic heterocycles. The normalized spacial score (nSPS) is 10.2. The van der Waals surface area contributed by atoms with Gasteiger partial charge in [0.1, 0.15) is 11.6 Å². The van der Waals surface area contributed by atoms with Gasteiger partial charge < -0.3 is 10.1 Å². The minimum Gasteiger partial charge on any atom is -0.438 e. The van der Waals surface area contributed by atoms with Gasteiger partial charge in [0.25, 0.3) is 5.69 Å². The van der Waals surface area contributed by atoms with Crippen molar-refractivity contribution >= 4 is 27.4 Å². The molecular formula is C13H12BrN3O3. The van der Waals surface area contributed by atoms with Gasteiger partial charge in [-0.15, -0.1) is 0 Å². The van der Waals surface area contributed by atoms with E-state index in [-0.39, 0.29) is 11.6 Å². The molecule has 2 aromatic rings. The highest BCUT2D eigenvalue weighted by atomic mass is 79.9. The number of nitro groups is 1. The highest BCUT2D eigenvalue weighted by Crippen LogP contribution is 2.30. The number of aryl methyl sites for hydroxylation is 1. The Morgan fingerprint density at radius 3 is 2.75 bits per heavy atom. The van der Waals surface area contributed by atoms with Crippen LogP contribution in [0.25, 0.3) is 0 Å². The van der Waals surface area contributed by atoms with E-state index in [1.165, 1.54) is 12.1 Å². The van der Waals surface area contributed by atoms with E-state index >= 15 is 0 Å². The van der Waals surface area contributed by atoms with Crippen LogP contribution in [0, 0.1) is 17.0 Å². The minimum absolute atomic E-state index is 0.0769. The number of hydrogen-bond acceptors (Lipinski definition) is 5. The lowest BCUT2D eigenvalue weighted by atomic mass is 10.2. The van der Waals surface area contributed by atoms with Crippen molar-refractivity contribution in [3.8, 4) is 11.6 Å². The number of benzene rings is 1. The van der Waals surface area contributed by atoms with Gasteiger partial charge in [-0.25, -0.2) is 0 Å². The van der Waals surface area contributed by atoms with Crippen LogP contribution in [0.1, 0.15) is 5.56 Å². The van der Waals surface area contributed by atoms with Gasteiger partial charge in [0, 0.05) is 11.5 Å². The lowest BCUT2D eigenvalue weighted by molar-refractivity contribution is -0.384. The summed E-state index contributed by atoms with van der Waals surface area (Å²) in [4.78, 5) is 14.5. The molecule has 104 valence electrons. The van der Waals surface area contributed by atoms with Crippen molar-refractivity contribution in [2.24, 2.45) is 0 Å². The number of anilines is 1. The summed E-state index contributed by atoms with van der Waals surface area (Å²) < 4.78 is 6.50. The number of nitrogens with one attached hydrogen (secondary N) is 1. The third kappa shape index (κ3) is 3.24. The maximum Gasteiger partial charge on any atom is 0.278 e. The number of halogens is 1. The fraction of sp³-hybridized carbons (Fsp3) is 0.154. The zero-order valence-corrected chi connectivity index (χ0v) is 12.5. The molecule has 1 aromatic carbocycles. The van der Waals surface area contributed by atoms with E-state index in [1.54, 1.807) is 13.1 Å². The summed E-state index contributed by atoms with van der Waals surface area (Å²) in [5.41, 5.74) is 0.833. The van der Waals surface area contributed by atoms with Gasteiger partial charge in [-0.1, -0.05) is 22.0 Å². The zero-order chi connectivity index (χ0) is 14.7. The first kappa shape index (κ1) is 14.3. The molecule has 6 nitrogen and oxygen atoms in total. The highest BCUT2D eigenvalue weighted by Gasteiger charge is 2.13. The van der Waals surface area contributed by atoms with Gasteiger partial charge in [-0.05, 0) is 24.6 Å². The molecule has 20 heavy (non-hydrogen) atoms. The Hall–Kier alpha value is -2.15. The summed E-state index contributed by atoms with van der Waals surface area (Å²) in [6.45, 7) is 1.89. The number of ether oxygens (including phenoxy) is 1. The van der Waals surface area contributed by atoms with E-state index in [4.69, 9.17) is 4.74 Å². The smallest absolute Gasteiger partial charge is 0.278 e. The third-order valence-electron chi connectivity index (χ3n) is 2.62. The van der Waals surface area contributed by atoms with E-state index in [0.29, 0.717) is 11.6 Å². The number of pyridine rings is 1. The molecule has 0 atom stereocenters. The minimum atomic E-state index is -0.483. The maximum absolute atomic E-state index is 10.9. The van der Waals surface area contributed by atoms with Crippen molar-refractivity contribution in [1.29, 1.82) is 0 Å². The first-order valence-corrected chi connectivity index (χ1v) is 6.57. The molecule has 0 fully saturated rings. The summed E-state index contributed by atoms with van der Waals surface area (Å²) >= 11 is 3.35. The van der Waals surface area contributed by atoms with Crippen LogP contribution in [0.15, 0.2) is 34.8 Å². The van der Waals surface area contributed by atoms with Gasteiger partial charge in [0.05, 0.1) is 17.1 Å². The molecule has 0 bridgehead atoms. The lowest BCUT2D eigenvalue weighted by Gasteiger charge is -2.09. The average Bonchev–Trinajstić information content (AvgIpc) is 2.42. The molecule has 7 heteroatoms. The van der Waals surface area contributed by atoms with Crippen molar-refractivity contribution in [2.75, 3.05) is 12.4 Å². The van der Waals surface area contributed by atoms with Crippen molar-refractivity contribution in [3.63, 3.8) is 0 Å². The Morgan fingerprint density at radius 1 is 1.35 bits per heavy atom. The Kier molecular flexibility index (Phi) is 4.19. The van der Waals surface area contributed by atoms with Gasteiger partial charge >= 0.3 is 0 Å². The van der Waals surface area contributed by atoms with Crippen LogP contribution in [0.2, 0.25) is 0 Å². The van der Waals surface area contributed by atoms with E-state index in [9.17, 15) is 10.1 Å². The standard InChI is InChI=1S/C13H12BrN3O3/c1-8-3-4-9(14)5-11(8)20-13-7-10(17(18)19)6-12(15-2)16-13/h3-7H,1-2H3,(H,15,16). The second-order valence-electron chi connectivity index (χ2n) is 4.07. The molecular weight excluding hydrogens is 326 g/mol. The van der Waals surface area contributed by atoms with Gasteiger partial charge in [-0.3, -0.25) is 10.1 Å². The van der Waals surface area contributed by atoms with Crippen molar-refractivity contribution in [1.82, 2.24) is 4.98 Å². The number of rotatable bonds is 4. The fourth-order valence-electron chi connectivity index (χ4n) is 1.57. The molecule has 0 amide bonds. The monoisotopic (exact) mass is 337 g/mol. The van der Waals surface area contributed by atoms with E-state index in [1.807, 2.05) is 19.1 Å². The summed E-state index contributed by atoms with van der Waals surface area (Å²) in [6, 6.07) is 8.20. The van der Waals surface area contributed by atoms with Crippen LogP contribution in [-0.2, 0) is 0 Å². The Bertz CT molecular complexity index is 661. The summed E-state index contributed by atoms with van der Waals surface area (Å²) in [6.07, 6.45) is 0. The molecule has 0 spiro atoms. The Balaban J connectivity index is 2.39. The number of aromatic nitrogens is 1. The predicted octanol–water partition coefficient (Wildman–Crippen LogP) is 3.89. The van der Waals surface area contributed by atoms with Crippen LogP contribution in [0.5, 0.6) is 11.6 Å². The van der Waals surface area contributed by atoms with Crippen LogP contribution in [0.4, 0.5) is 11.5 Å². The summed E-state index contributed by atoms with van der Waals surface area (Å²) in [5, 5.41) is 13.7. The molecule has 0 unspecified atom stereocenters. The Labute approximate surface area is 124 Å². The first-order valence-electron chi connectivity index (χ1n) is 5.78. The van der Waals surface area contributed by atoms with Crippen molar-refractivity contribution < 1.29 is 9.66 Å². The number of nitrogens with zero attached hydrogens (tertiary/aromatic N) is 2. The molecule has 0 saturated carbocycles. The molecule has 2 rings (SSSR count). The summed E-state index contributed by atoms with van der Waals surface area (Å²) in [7, 11) is 1.64. The van der Waals surface area contributed by atoms with Gasteiger partial charge in [0.15, 0.2) is 0 Å². The fourth-order valence-corrected chi connectivity index (χ4v) is 1.91. The Morgan fingerprint density at radius 2 is 2.10 bits per heavy atom. The molecule has 1 heterocycles. The first-order chi connectivity index (χ1) is 9.49. The van der Waals surface area contributed by atoms with Gasteiger partial charge in [-0.2, -0.15) is 4.98 Å². The molecule has 1 aromatic heterocycles. The van der Waals surface area contributed by atoms with E-state index in [0.717, 1.165) is 10.0 Å². The molecule has 1 N–H and O–H groups in total. The predicted molar refractivity (Wildman–Crippen MR) is 79.4 cm³/mol. The second kappa shape index (κ2) is 5.87. The zero-order valence-electron chi connectivity index (χ0n) is 10.9.